The van der Waals surface area contributed by atoms with Crippen molar-refractivity contribution >= 4 is 5.91 Å². The van der Waals surface area contributed by atoms with Gasteiger partial charge in [0.15, 0.2) is 0 Å². The fraction of sp³-hybridized carbons (Fsp3) is 0.200. The van der Waals surface area contributed by atoms with E-state index < -0.39 is 0 Å². The second-order valence-electron chi connectivity index (χ2n) is 6.02. The summed E-state index contributed by atoms with van der Waals surface area (Å²) in [5.74, 6) is 0.323. The molecule has 0 aliphatic rings. The van der Waals surface area contributed by atoms with Gasteiger partial charge in [0.25, 0.3) is 5.91 Å². The van der Waals surface area contributed by atoms with Crippen molar-refractivity contribution in [3.8, 4) is 17.1 Å². The molecule has 0 saturated carbocycles. The minimum atomic E-state index is -0.184. The van der Waals surface area contributed by atoms with Gasteiger partial charge in [-0.1, -0.05) is 0 Å². The van der Waals surface area contributed by atoms with Gasteiger partial charge in [0.1, 0.15) is 0 Å². The van der Waals surface area contributed by atoms with Crippen molar-refractivity contribution in [2.24, 2.45) is 0 Å². The molecule has 3 aromatic heterocycles. The number of hydrogen-bond donors (Lipinski definition) is 1. The summed E-state index contributed by atoms with van der Waals surface area (Å²) in [5, 5.41) is 2.89. The molecule has 3 rings (SSSR count). The Hall–Kier alpha value is -3.28. The molecule has 3 heterocycles. The number of ether oxygens (including phenoxy) is 1. The SMILES string of the molecule is CC(C)Oc1ccc(C(=O)NCc2ccnc(-c3ccncc3)c2)cn1. The fourth-order valence-electron chi connectivity index (χ4n) is 2.38. The van der Waals surface area contributed by atoms with Crippen molar-refractivity contribution in [3.63, 3.8) is 0 Å². The van der Waals surface area contributed by atoms with E-state index in [4.69, 9.17) is 4.74 Å². The van der Waals surface area contributed by atoms with Gasteiger partial charge >= 0.3 is 0 Å². The number of carbonyl (C=O) groups excluding carboxylic acids is 1. The Morgan fingerprint density at radius 3 is 2.58 bits per heavy atom. The Labute approximate surface area is 152 Å². The summed E-state index contributed by atoms with van der Waals surface area (Å²) >= 11 is 0. The predicted octanol–water partition coefficient (Wildman–Crippen LogP) is 3.26. The second kappa shape index (κ2) is 8.20. The van der Waals surface area contributed by atoms with Crippen LogP contribution in [0.2, 0.25) is 0 Å². The summed E-state index contributed by atoms with van der Waals surface area (Å²) < 4.78 is 5.48. The van der Waals surface area contributed by atoms with Gasteiger partial charge in [-0.2, -0.15) is 0 Å². The van der Waals surface area contributed by atoms with Gasteiger partial charge in [-0.05, 0) is 49.7 Å². The minimum absolute atomic E-state index is 0.0449. The van der Waals surface area contributed by atoms with Crippen LogP contribution in [0.4, 0.5) is 0 Å². The molecule has 6 nitrogen and oxygen atoms in total. The molecule has 0 atom stereocenters. The Morgan fingerprint density at radius 1 is 1.08 bits per heavy atom. The average molecular weight is 348 g/mol. The molecule has 6 heteroatoms. The highest BCUT2D eigenvalue weighted by Crippen LogP contribution is 2.16. The molecule has 0 saturated heterocycles. The molecule has 1 N–H and O–H groups in total. The lowest BCUT2D eigenvalue weighted by atomic mass is 10.1. The number of carbonyl (C=O) groups is 1. The first-order valence-corrected chi connectivity index (χ1v) is 8.38. The number of aromatic nitrogens is 3. The van der Waals surface area contributed by atoms with Crippen LogP contribution in [-0.2, 0) is 6.54 Å². The molecule has 0 unspecified atom stereocenters. The molecular weight excluding hydrogens is 328 g/mol. The molecule has 0 aliphatic carbocycles. The Bertz CT molecular complexity index is 864. The van der Waals surface area contributed by atoms with Crippen molar-refractivity contribution < 1.29 is 9.53 Å². The zero-order valence-corrected chi connectivity index (χ0v) is 14.7. The molecular formula is C20H20N4O2. The van der Waals surface area contributed by atoms with E-state index in [1.165, 1.54) is 6.20 Å². The lowest BCUT2D eigenvalue weighted by molar-refractivity contribution is 0.0950. The van der Waals surface area contributed by atoms with Crippen LogP contribution in [0.25, 0.3) is 11.3 Å². The van der Waals surface area contributed by atoms with Crippen LogP contribution in [0.5, 0.6) is 5.88 Å². The number of nitrogens with one attached hydrogen (secondary N) is 1. The van der Waals surface area contributed by atoms with E-state index in [1.807, 2.05) is 38.1 Å². The Morgan fingerprint density at radius 2 is 1.88 bits per heavy atom. The largest absolute Gasteiger partial charge is 0.475 e. The fourth-order valence-corrected chi connectivity index (χ4v) is 2.38. The molecule has 26 heavy (non-hydrogen) atoms. The molecule has 0 bridgehead atoms. The average Bonchev–Trinajstić information content (AvgIpc) is 2.67. The lowest BCUT2D eigenvalue weighted by Gasteiger charge is -2.09. The van der Waals surface area contributed by atoms with Crippen LogP contribution in [0.15, 0.2) is 61.2 Å². The van der Waals surface area contributed by atoms with Crippen molar-refractivity contribution in [3.05, 3.63) is 72.3 Å². The van der Waals surface area contributed by atoms with Crippen LogP contribution in [0.1, 0.15) is 29.8 Å². The van der Waals surface area contributed by atoms with Gasteiger partial charge in [-0.3, -0.25) is 14.8 Å². The second-order valence-corrected chi connectivity index (χ2v) is 6.02. The normalized spacial score (nSPS) is 10.6. The van der Waals surface area contributed by atoms with E-state index in [2.05, 4.69) is 20.3 Å². The Kier molecular flexibility index (Phi) is 5.53. The van der Waals surface area contributed by atoms with Crippen LogP contribution in [0, 0.1) is 0 Å². The number of amides is 1. The smallest absolute Gasteiger partial charge is 0.253 e. The van der Waals surface area contributed by atoms with Gasteiger partial charge in [-0.15, -0.1) is 0 Å². The van der Waals surface area contributed by atoms with Crippen molar-refractivity contribution in [2.45, 2.75) is 26.5 Å². The third-order valence-electron chi connectivity index (χ3n) is 3.61. The predicted molar refractivity (Wildman–Crippen MR) is 98.6 cm³/mol. The summed E-state index contributed by atoms with van der Waals surface area (Å²) in [6.07, 6.45) is 6.75. The lowest BCUT2D eigenvalue weighted by Crippen LogP contribution is -2.23. The molecule has 0 aliphatic heterocycles. The maximum atomic E-state index is 12.3. The van der Waals surface area contributed by atoms with E-state index in [0.29, 0.717) is 18.0 Å². The highest BCUT2D eigenvalue weighted by atomic mass is 16.5. The van der Waals surface area contributed by atoms with E-state index in [-0.39, 0.29) is 12.0 Å². The van der Waals surface area contributed by atoms with Gasteiger partial charge in [0, 0.05) is 43.0 Å². The standard InChI is InChI=1S/C20H20N4O2/c1-14(2)26-19-4-3-17(13-23-19)20(25)24-12-15-5-10-22-18(11-15)16-6-8-21-9-7-16/h3-11,13-14H,12H2,1-2H3,(H,24,25). The van der Waals surface area contributed by atoms with Crippen LogP contribution in [-0.4, -0.2) is 27.0 Å². The van der Waals surface area contributed by atoms with Crippen molar-refractivity contribution in [1.29, 1.82) is 0 Å². The summed E-state index contributed by atoms with van der Waals surface area (Å²) in [4.78, 5) is 24.8. The summed E-state index contributed by atoms with van der Waals surface area (Å²) in [7, 11) is 0. The Balaban J connectivity index is 1.63. The molecule has 3 aromatic rings. The maximum absolute atomic E-state index is 12.3. The van der Waals surface area contributed by atoms with E-state index in [9.17, 15) is 4.79 Å². The zero-order chi connectivity index (χ0) is 18.4. The van der Waals surface area contributed by atoms with Gasteiger partial charge in [0.05, 0.1) is 17.4 Å². The van der Waals surface area contributed by atoms with Crippen LogP contribution >= 0.6 is 0 Å². The first-order chi connectivity index (χ1) is 12.6. The topological polar surface area (TPSA) is 77.0 Å². The number of hydrogen-bond acceptors (Lipinski definition) is 5. The molecule has 0 radical (unpaired) electrons. The minimum Gasteiger partial charge on any atom is -0.475 e. The van der Waals surface area contributed by atoms with Gasteiger partial charge in [0.2, 0.25) is 5.88 Å². The van der Waals surface area contributed by atoms with Crippen molar-refractivity contribution in [2.75, 3.05) is 0 Å². The molecule has 0 spiro atoms. The summed E-state index contributed by atoms with van der Waals surface area (Å²) in [6, 6.07) is 11.0. The van der Waals surface area contributed by atoms with Gasteiger partial charge in [-0.25, -0.2) is 4.98 Å². The van der Waals surface area contributed by atoms with E-state index in [0.717, 1.165) is 16.8 Å². The van der Waals surface area contributed by atoms with E-state index in [1.54, 1.807) is 30.7 Å². The van der Waals surface area contributed by atoms with Crippen LogP contribution in [0.3, 0.4) is 0 Å². The molecule has 0 aromatic carbocycles. The van der Waals surface area contributed by atoms with Crippen LogP contribution < -0.4 is 10.1 Å². The highest BCUT2D eigenvalue weighted by Gasteiger charge is 2.08. The van der Waals surface area contributed by atoms with Crippen molar-refractivity contribution in [1.82, 2.24) is 20.3 Å². The molecule has 0 fully saturated rings. The zero-order valence-electron chi connectivity index (χ0n) is 14.7. The third-order valence-corrected chi connectivity index (χ3v) is 3.61. The highest BCUT2D eigenvalue weighted by molar-refractivity contribution is 5.93. The first-order valence-electron chi connectivity index (χ1n) is 8.38. The molecule has 132 valence electrons. The number of nitrogens with zero attached hydrogens (tertiary/aromatic N) is 3. The van der Waals surface area contributed by atoms with E-state index >= 15 is 0 Å². The first kappa shape index (κ1) is 17.5. The number of rotatable bonds is 6. The number of pyridine rings is 3. The molecule has 1 amide bonds. The summed E-state index contributed by atoms with van der Waals surface area (Å²) in [6.45, 7) is 4.26. The quantitative estimate of drug-likeness (QED) is 0.740. The summed E-state index contributed by atoms with van der Waals surface area (Å²) in [5.41, 5.74) is 3.28. The third kappa shape index (κ3) is 4.63. The monoisotopic (exact) mass is 348 g/mol. The van der Waals surface area contributed by atoms with Gasteiger partial charge < -0.3 is 10.1 Å². The maximum Gasteiger partial charge on any atom is 0.253 e.